The molecule has 0 aliphatic heterocycles. The molecule has 6 heteroatoms. The molecular formula is C14H18N2O3S. The summed E-state index contributed by atoms with van der Waals surface area (Å²) in [5.41, 5.74) is 1.88. The van der Waals surface area contributed by atoms with Gasteiger partial charge in [-0.3, -0.25) is 0 Å². The summed E-state index contributed by atoms with van der Waals surface area (Å²) in [5.74, 6) is 0.422. The van der Waals surface area contributed by atoms with Crippen molar-refractivity contribution in [2.45, 2.75) is 26.6 Å². The average molecular weight is 294 g/mol. The predicted octanol–water partition coefficient (Wildman–Crippen LogP) is 2.11. The fourth-order valence-corrected chi connectivity index (χ4v) is 2.15. The van der Waals surface area contributed by atoms with Crippen LogP contribution in [0.25, 0.3) is 0 Å². The van der Waals surface area contributed by atoms with Crippen molar-refractivity contribution in [3.8, 4) is 5.88 Å². The van der Waals surface area contributed by atoms with Gasteiger partial charge in [0.15, 0.2) is 0 Å². The van der Waals surface area contributed by atoms with Gasteiger partial charge in [-0.15, -0.1) is 16.4 Å². The van der Waals surface area contributed by atoms with E-state index in [1.165, 1.54) is 0 Å². The fourth-order valence-electron chi connectivity index (χ4n) is 1.51. The number of rotatable bonds is 7. The van der Waals surface area contributed by atoms with Crippen LogP contribution < -0.4 is 4.74 Å². The average Bonchev–Trinajstić information content (AvgIpc) is 2.93. The molecule has 0 aliphatic rings. The zero-order chi connectivity index (χ0) is 14.4. The van der Waals surface area contributed by atoms with Crippen molar-refractivity contribution in [3.63, 3.8) is 0 Å². The maximum absolute atomic E-state index is 9.77. The van der Waals surface area contributed by atoms with E-state index in [0.717, 1.165) is 16.1 Å². The van der Waals surface area contributed by atoms with E-state index in [9.17, 15) is 5.11 Å². The van der Waals surface area contributed by atoms with Crippen molar-refractivity contribution >= 4 is 11.3 Å². The van der Waals surface area contributed by atoms with Gasteiger partial charge in [-0.25, -0.2) is 0 Å². The number of aliphatic hydroxyl groups is 1. The quantitative estimate of drug-likeness (QED) is 0.847. The molecule has 1 unspecified atom stereocenters. The van der Waals surface area contributed by atoms with Crippen molar-refractivity contribution < 1.29 is 14.6 Å². The third kappa shape index (κ3) is 4.56. The molecule has 5 nitrogen and oxygen atoms in total. The minimum absolute atomic E-state index is 0.140. The lowest BCUT2D eigenvalue weighted by atomic mass is 10.2. The van der Waals surface area contributed by atoms with Gasteiger partial charge in [0.1, 0.15) is 12.7 Å². The van der Waals surface area contributed by atoms with E-state index in [0.29, 0.717) is 12.5 Å². The third-order valence-corrected chi connectivity index (χ3v) is 3.62. The molecule has 2 aromatic rings. The minimum atomic E-state index is -0.682. The summed E-state index contributed by atoms with van der Waals surface area (Å²) in [6, 6.07) is 5.78. The molecule has 0 aromatic carbocycles. The number of hydrogen-bond acceptors (Lipinski definition) is 6. The number of aliphatic hydroxyl groups excluding tert-OH is 1. The number of aryl methyl sites for hydroxylation is 2. The highest BCUT2D eigenvalue weighted by molar-refractivity contribution is 7.09. The highest BCUT2D eigenvalue weighted by Crippen LogP contribution is 2.11. The first-order valence-electron chi connectivity index (χ1n) is 6.37. The Balaban J connectivity index is 1.69. The molecule has 0 radical (unpaired) electrons. The van der Waals surface area contributed by atoms with Gasteiger partial charge in [0, 0.05) is 10.9 Å². The number of nitrogens with zero attached hydrogens (tertiary/aromatic N) is 2. The molecular weight excluding hydrogens is 276 g/mol. The van der Waals surface area contributed by atoms with Crippen molar-refractivity contribution in [2.75, 3.05) is 13.2 Å². The number of ether oxygens (including phenoxy) is 2. The van der Waals surface area contributed by atoms with Gasteiger partial charge in [0.2, 0.25) is 5.88 Å². The zero-order valence-corrected chi connectivity index (χ0v) is 12.4. The summed E-state index contributed by atoms with van der Waals surface area (Å²) in [7, 11) is 0. The predicted molar refractivity (Wildman–Crippen MR) is 77.0 cm³/mol. The first-order chi connectivity index (χ1) is 9.65. The summed E-state index contributed by atoms with van der Waals surface area (Å²) < 4.78 is 10.8. The highest BCUT2D eigenvalue weighted by Gasteiger charge is 2.08. The maximum atomic E-state index is 9.77. The van der Waals surface area contributed by atoms with Gasteiger partial charge in [0.25, 0.3) is 0 Å². The van der Waals surface area contributed by atoms with Crippen LogP contribution in [0.3, 0.4) is 0 Å². The van der Waals surface area contributed by atoms with Gasteiger partial charge in [-0.1, -0.05) is 6.07 Å². The second-order valence-electron chi connectivity index (χ2n) is 4.51. The Labute approximate surface area is 122 Å². The lowest BCUT2D eigenvalue weighted by Crippen LogP contribution is -2.23. The molecule has 0 aliphatic carbocycles. The van der Waals surface area contributed by atoms with E-state index in [1.807, 2.05) is 37.4 Å². The topological polar surface area (TPSA) is 64.5 Å². The van der Waals surface area contributed by atoms with Gasteiger partial charge in [-0.05, 0) is 30.9 Å². The summed E-state index contributed by atoms with van der Waals surface area (Å²) >= 11 is 1.63. The first kappa shape index (κ1) is 14.9. The molecule has 108 valence electrons. The van der Waals surface area contributed by atoms with Crippen molar-refractivity contribution in [1.29, 1.82) is 0 Å². The molecule has 2 rings (SSSR count). The van der Waals surface area contributed by atoms with E-state index >= 15 is 0 Å². The lowest BCUT2D eigenvalue weighted by molar-refractivity contribution is 0.00524. The van der Waals surface area contributed by atoms with Crippen molar-refractivity contribution in [1.82, 2.24) is 10.2 Å². The fraction of sp³-hybridized carbons (Fsp3) is 0.429. The van der Waals surface area contributed by atoms with Gasteiger partial charge < -0.3 is 14.6 Å². The first-order valence-corrected chi connectivity index (χ1v) is 7.25. The number of aromatic nitrogens is 2. The Kier molecular flexibility index (Phi) is 5.46. The van der Waals surface area contributed by atoms with E-state index in [1.54, 1.807) is 11.3 Å². The van der Waals surface area contributed by atoms with E-state index in [4.69, 9.17) is 9.47 Å². The second kappa shape index (κ2) is 7.33. The van der Waals surface area contributed by atoms with Gasteiger partial charge in [-0.2, -0.15) is 5.10 Å². The molecule has 20 heavy (non-hydrogen) atoms. The molecule has 0 saturated carbocycles. The summed E-state index contributed by atoms with van der Waals surface area (Å²) in [5, 5.41) is 19.6. The van der Waals surface area contributed by atoms with Crippen LogP contribution >= 0.6 is 11.3 Å². The summed E-state index contributed by atoms with van der Waals surface area (Å²) in [6.07, 6.45) is -0.682. The zero-order valence-electron chi connectivity index (χ0n) is 11.6. The Morgan fingerprint density at radius 3 is 2.85 bits per heavy atom. The van der Waals surface area contributed by atoms with E-state index in [-0.39, 0.29) is 13.2 Å². The Bertz CT molecular complexity index is 531. The molecule has 2 heterocycles. The monoisotopic (exact) mass is 294 g/mol. The van der Waals surface area contributed by atoms with Crippen LogP contribution in [0.15, 0.2) is 23.6 Å². The van der Waals surface area contributed by atoms with Crippen LogP contribution in [-0.2, 0) is 11.3 Å². The molecule has 0 spiro atoms. The molecule has 0 fully saturated rings. The molecule has 0 bridgehead atoms. The van der Waals surface area contributed by atoms with Crippen LogP contribution in [0.2, 0.25) is 0 Å². The van der Waals surface area contributed by atoms with Crippen molar-refractivity contribution in [3.05, 3.63) is 39.7 Å². The Morgan fingerprint density at radius 2 is 2.15 bits per heavy atom. The van der Waals surface area contributed by atoms with Crippen LogP contribution in [0.4, 0.5) is 0 Å². The Hall–Kier alpha value is -1.50. The molecule has 1 N–H and O–H groups in total. The summed E-state index contributed by atoms with van der Waals surface area (Å²) in [4.78, 5) is 1.14. The standard InChI is InChI=1S/C14H18N2O3S/c1-10-6-14(16-15-11(10)2)19-8-12(17)7-18-9-13-4-3-5-20-13/h3-6,12,17H,7-9H2,1-2H3. The molecule has 0 amide bonds. The second-order valence-corrected chi connectivity index (χ2v) is 5.54. The van der Waals surface area contributed by atoms with E-state index < -0.39 is 6.10 Å². The highest BCUT2D eigenvalue weighted by atomic mass is 32.1. The maximum Gasteiger partial charge on any atom is 0.233 e. The van der Waals surface area contributed by atoms with Gasteiger partial charge in [0.05, 0.1) is 18.9 Å². The number of hydrogen-bond donors (Lipinski definition) is 1. The lowest BCUT2D eigenvalue weighted by Gasteiger charge is -2.12. The normalized spacial score (nSPS) is 12.3. The SMILES string of the molecule is Cc1cc(OCC(O)COCc2cccs2)nnc1C. The van der Waals surface area contributed by atoms with Crippen LogP contribution in [0, 0.1) is 13.8 Å². The van der Waals surface area contributed by atoms with E-state index in [2.05, 4.69) is 10.2 Å². The number of thiophene rings is 1. The third-order valence-electron chi connectivity index (χ3n) is 2.77. The summed E-state index contributed by atoms with van der Waals surface area (Å²) in [6.45, 7) is 4.72. The van der Waals surface area contributed by atoms with Gasteiger partial charge >= 0.3 is 0 Å². The van der Waals surface area contributed by atoms with Crippen LogP contribution in [0.5, 0.6) is 5.88 Å². The Morgan fingerprint density at radius 1 is 1.30 bits per heavy atom. The molecule has 2 aromatic heterocycles. The van der Waals surface area contributed by atoms with Crippen molar-refractivity contribution in [2.24, 2.45) is 0 Å². The van der Waals surface area contributed by atoms with Crippen LogP contribution in [-0.4, -0.2) is 34.6 Å². The molecule has 0 saturated heterocycles. The largest absolute Gasteiger partial charge is 0.474 e. The smallest absolute Gasteiger partial charge is 0.233 e. The minimum Gasteiger partial charge on any atom is -0.474 e. The van der Waals surface area contributed by atoms with Crippen LogP contribution in [0.1, 0.15) is 16.1 Å². The molecule has 1 atom stereocenters.